The van der Waals surface area contributed by atoms with Crippen LogP contribution in [0.3, 0.4) is 0 Å². The highest BCUT2D eigenvalue weighted by Gasteiger charge is 2.07. The average Bonchev–Trinajstić information content (AvgIpc) is 2.78. The molecule has 16 heavy (non-hydrogen) atoms. The van der Waals surface area contributed by atoms with Gasteiger partial charge in [-0.3, -0.25) is 0 Å². The molecule has 0 saturated carbocycles. The molecule has 2 heterocycles. The van der Waals surface area contributed by atoms with Gasteiger partial charge in [-0.25, -0.2) is 4.98 Å². The molecule has 2 aromatic heterocycles. The van der Waals surface area contributed by atoms with E-state index in [0.717, 1.165) is 41.6 Å². The van der Waals surface area contributed by atoms with Crippen LogP contribution >= 0.6 is 0 Å². The van der Waals surface area contributed by atoms with Gasteiger partial charge in [-0.05, 0) is 20.8 Å². The zero-order valence-electron chi connectivity index (χ0n) is 9.79. The molecule has 0 fully saturated rings. The van der Waals surface area contributed by atoms with E-state index in [9.17, 15) is 0 Å². The molecular formula is C11H16N4O. The predicted molar refractivity (Wildman–Crippen MR) is 59.8 cm³/mol. The molecule has 5 nitrogen and oxygen atoms in total. The second kappa shape index (κ2) is 4.49. The van der Waals surface area contributed by atoms with E-state index in [0.29, 0.717) is 0 Å². The first-order valence-corrected chi connectivity index (χ1v) is 5.29. The lowest BCUT2D eigenvalue weighted by atomic mass is 10.2. The molecule has 0 atom stereocenters. The van der Waals surface area contributed by atoms with E-state index in [1.807, 2.05) is 27.0 Å². The molecule has 2 rings (SSSR count). The molecule has 0 aliphatic heterocycles. The van der Waals surface area contributed by atoms with Crippen LogP contribution in [-0.2, 0) is 13.1 Å². The summed E-state index contributed by atoms with van der Waals surface area (Å²) in [5.41, 5.74) is 3.17. The van der Waals surface area contributed by atoms with Crippen molar-refractivity contribution in [3.8, 4) is 0 Å². The summed E-state index contributed by atoms with van der Waals surface area (Å²) >= 11 is 0. The molecule has 0 unspecified atom stereocenters. The van der Waals surface area contributed by atoms with Gasteiger partial charge < -0.3 is 14.8 Å². The maximum absolute atomic E-state index is 5.09. The third kappa shape index (κ3) is 2.30. The van der Waals surface area contributed by atoms with Gasteiger partial charge >= 0.3 is 0 Å². The summed E-state index contributed by atoms with van der Waals surface area (Å²) < 4.78 is 5.09. The number of imidazole rings is 1. The zero-order chi connectivity index (χ0) is 11.5. The fraction of sp³-hybridized carbons (Fsp3) is 0.455. The first-order valence-electron chi connectivity index (χ1n) is 5.29. The normalized spacial score (nSPS) is 10.9. The number of aromatic amines is 1. The topological polar surface area (TPSA) is 66.7 Å². The molecule has 0 amide bonds. The quantitative estimate of drug-likeness (QED) is 0.821. The zero-order valence-corrected chi connectivity index (χ0v) is 9.79. The fourth-order valence-electron chi connectivity index (χ4n) is 1.64. The molecule has 86 valence electrons. The van der Waals surface area contributed by atoms with Gasteiger partial charge in [-0.1, -0.05) is 5.16 Å². The minimum Gasteiger partial charge on any atom is -0.361 e. The third-order valence-electron chi connectivity index (χ3n) is 2.55. The van der Waals surface area contributed by atoms with E-state index >= 15 is 0 Å². The number of H-pyrrole nitrogens is 1. The number of aromatic nitrogens is 3. The lowest BCUT2D eigenvalue weighted by molar-refractivity contribution is 0.392. The monoisotopic (exact) mass is 220 g/mol. The molecule has 0 spiro atoms. The van der Waals surface area contributed by atoms with Crippen molar-refractivity contribution in [3.63, 3.8) is 0 Å². The highest BCUT2D eigenvalue weighted by Crippen LogP contribution is 2.11. The molecule has 2 N–H and O–H groups in total. The molecule has 0 aliphatic carbocycles. The van der Waals surface area contributed by atoms with Gasteiger partial charge in [0.2, 0.25) is 0 Å². The highest BCUT2D eigenvalue weighted by atomic mass is 16.5. The van der Waals surface area contributed by atoms with E-state index < -0.39 is 0 Å². The van der Waals surface area contributed by atoms with E-state index in [4.69, 9.17) is 4.52 Å². The van der Waals surface area contributed by atoms with E-state index in [-0.39, 0.29) is 0 Å². The van der Waals surface area contributed by atoms with Gasteiger partial charge in [0.15, 0.2) is 0 Å². The molecule has 0 saturated heterocycles. The standard InChI is InChI=1S/C11H16N4O/c1-7-11(8(2)16-15-7)6-12-4-10-5-13-9(3)14-10/h5,12H,4,6H2,1-3H3,(H,13,14). The van der Waals surface area contributed by atoms with Crippen molar-refractivity contribution >= 4 is 0 Å². The Kier molecular flexibility index (Phi) is 3.05. The van der Waals surface area contributed by atoms with Gasteiger partial charge in [-0.15, -0.1) is 0 Å². The van der Waals surface area contributed by atoms with Gasteiger partial charge in [0.1, 0.15) is 11.6 Å². The van der Waals surface area contributed by atoms with E-state index in [1.165, 1.54) is 0 Å². The third-order valence-corrected chi connectivity index (χ3v) is 2.55. The summed E-state index contributed by atoms with van der Waals surface area (Å²) in [6, 6.07) is 0. The number of hydrogen-bond donors (Lipinski definition) is 2. The summed E-state index contributed by atoms with van der Waals surface area (Å²) in [6.07, 6.45) is 1.84. The van der Waals surface area contributed by atoms with Gasteiger partial charge in [0.05, 0.1) is 5.69 Å². The number of hydrogen-bond acceptors (Lipinski definition) is 4. The van der Waals surface area contributed by atoms with Crippen LogP contribution < -0.4 is 5.32 Å². The summed E-state index contributed by atoms with van der Waals surface area (Å²) in [6.45, 7) is 7.35. The summed E-state index contributed by atoms with van der Waals surface area (Å²) in [7, 11) is 0. The maximum atomic E-state index is 5.09. The van der Waals surface area contributed by atoms with Crippen molar-refractivity contribution < 1.29 is 4.52 Å². The minimum absolute atomic E-state index is 0.763. The summed E-state index contributed by atoms with van der Waals surface area (Å²) in [5.74, 6) is 1.82. The predicted octanol–water partition coefficient (Wildman–Crippen LogP) is 1.61. The number of rotatable bonds is 4. The molecule has 0 bridgehead atoms. The van der Waals surface area contributed by atoms with Gasteiger partial charge in [-0.2, -0.15) is 0 Å². The van der Waals surface area contributed by atoms with Crippen LogP contribution in [-0.4, -0.2) is 15.1 Å². The second-order valence-corrected chi connectivity index (χ2v) is 3.90. The maximum Gasteiger partial charge on any atom is 0.138 e. The van der Waals surface area contributed by atoms with Crippen molar-refractivity contribution in [2.24, 2.45) is 0 Å². The van der Waals surface area contributed by atoms with Crippen LogP contribution in [0.5, 0.6) is 0 Å². The first kappa shape index (κ1) is 10.9. The van der Waals surface area contributed by atoms with Crippen molar-refractivity contribution in [1.29, 1.82) is 0 Å². The van der Waals surface area contributed by atoms with Crippen LogP contribution in [0, 0.1) is 20.8 Å². The second-order valence-electron chi connectivity index (χ2n) is 3.90. The molecular weight excluding hydrogens is 204 g/mol. The Labute approximate surface area is 94.3 Å². The molecule has 0 radical (unpaired) electrons. The van der Waals surface area contributed by atoms with Gasteiger partial charge in [0, 0.05) is 30.5 Å². The largest absolute Gasteiger partial charge is 0.361 e. The Balaban J connectivity index is 1.89. The number of nitrogens with one attached hydrogen (secondary N) is 2. The van der Waals surface area contributed by atoms with Crippen LogP contribution in [0.15, 0.2) is 10.7 Å². The number of aryl methyl sites for hydroxylation is 3. The van der Waals surface area contributed by atoms with Gasteiger partial charge in [0.25, 0.3) is 0 Å². The lowest BCUT2D eigenvalue weighted by Crippen LogP contribution is -2.13. The van der Waals surface area contributed by atoms with Crippen LogP contribution in [0.2, 0.25) is 0 Å². The Morgan fingerprint density at radius 3 is 2.69 bits per heavy atom. The smallest absolute Gasteiger partial charge is 0.138 e. The van der Waals surface area contributed by atoms with Crippen molar-refractivity contribution in [3.05, 3.63) is 34.7 Å². The summed E-state index contributed by atoms with van der Waals surface area (Å²) in [5, 5.41) is 7.24. The molecule has 2 aromatic rings. The number of nitrogens with zero attached hydrogens (tertiary/aromatic N) is 2. The fourth-order valence-corrected chi connectivity index (χ4v) is 1.64. The van der Waals surface area contributed by atoms with Crippen LogP contribution in [0.4, 0.5) is 0 Å². The van der Waals surface area contributed by atoms with E-state index in [1.54, 1.807) is 0 Å². The first-order chi connectivity index (χ1) is 7.66. The average molecular weight is 220 g/mol. The Bertz CT molecular complexity index is 453. The highest BCUT2D eigenvalue weighted by molar-refractivity contribution is 5.20. The molecule has 0 aromatic carbocycles. The minimum atomic E-state index is 0.763. The Hall–Kier alpha value is -1.62. The van der Waals surface area contributed by atoms with Crippen LogP contribution in [0.25, 0.3) is 0 Å². The van der Waals surface area contributed by atoms with Crippen LogP contribution in [0.1, 0.15) is 28.5 Å². The molecule has 5 heteroatoms. The SMILES string of the molecule is Cc1ncc(CNCc2c(C)noc2C)[nH]1. The van der Waals surface area contributed by atoms with Crippen molar-refractivity contribution in [2.75, 3.05) is 0 Å². The Morgan fingerprint density at radius 2 is 2.12 bits per heavy atom. The van der Waals surface area contributed by atoms with Crippen molar-refractivity contribution in [2.45, 2.75) is 33.9 Å². The Morgan fingerprint density at radius 1 is 1.31 bits per heavy atom. The lowest BCUT2D eigenvalue weighted by Gasteiger charge is -2.02. The van der Waals surface area contributed by atoms with E-state index in [2.05, 4.69) is 20.4 Å². The van der Waals surface area contributed by atoms with Crippen molar-refractivity contribution in [1.82, 2.24) is 20.4 Å². The molecule has 0 aliphatic rings. The summed E-state index contributed by atoms with van der Waals surface area (Å²) in [4.78, 5) is 7.31.